The van der Waals surface area contributed by atoms with E-state index in [1.165, 1.54) is 20.3 Å². The van der Waals surface area contributed by atoms with Crippen LogP contribution in [0.3, 0.4) is 0 Å². The number of aryl methyl sites for hydroxylation is 1. The Morgan fingerprint density at radius 2 is 1.41 bits per heavy atom. The molecule has 0 aromatic carbocycles. The van der Waals surface area contributed by atoms with Gasteiger partial charge in [0.25, 0.3) is 0 Å². The Labute approximate surface area is 145 Å². The van der Waals surface area contributed by atoms with E-state index in [1.807, 2.05) is 38.3 Å². The highest BCUT2D eigenvalue weighted by Crippen LogP contribution is 2.27. The van der Waals surface area contributed by atoms with E-state index >= 15 is 0 Å². The van der Waals surface area contributed by atoms with Crippen LogP contribution >= 0.6 is 22.7 Å². The fourth-order valence-electron chi connectivity index (χ4n) is 1.62. The predicted molar refractivity (Wildman–Crippen MR) is 105 cm³/mol. The molecule has 0 saturated carbocycles. The van der Waals surface area contributed by atoms with E-state index in [2.05, 4.69) is 58.0 Å². The van der Waals surface area contributed by atoms with Crippen molar-refractivity contribution >= 4 is 22.7 Å². The molecule has 0 amide bonds. The van der Waals surface area contributed by atoms with Crippen LogP contribution in [-0.2, 0) is 0 Å². The van der Waals surface area contributed by atoms with Crippen molar-refractivity contribution < 1.29 is 0 Å². The van der Waals surface area contributed by atoms with Gasteiger partial charge in [-0.05, 0) is 41.7 Å². The Kier molecular flexibility index (Phi) is 10.6. The molecule has 0 bridgehead atoms. The van der Waals surface area contributed by atoms with Crippen molar-refractivity contribution in [3.63, 3.8) is 0 Å². The standard InChI is InChI=1S/C10H16S.C7H11NS.C2H6/c1-7(2)9-5-10(8(3)4)11-6-9;1-5(2)7-4-8-6(3)9-7;1-2/h5-8H,1-4H3;4-5H,1-3H3;1-2H3. The molecule has 2 rings (SSSR count). The topological polar surface area (TPSA) is 12.9 Å². The molecule has 0 atom stereocenters. The Morgan fingerprint density at radius 1 is 0.864 bits per heavy atom. The van der Waals surface area contributed by atoms with E-state index in [0.29, 0.717) is 17.8 Å². The Bertz CT molecular complexity index is 484. The summed E-state index contributed by atoms with van der Waals surface area (Å²) in [5.74, 6) is 2.00. The van der Waals surface area contributed by atoms with Gasteiger partial charge in [0.2, 0.25) is 0 Å². The normalized spacial score (nSPS) is 10.4. The average Bonchev–Trinajstić information content (AvgIpc) is 3.10. The van der Waals surface area contributed by atoms with Crippen LogP contribution in [0.1, 0.15) is 93.5 Å². The Morgan fingerprint density at radius 3 is 1.64 bits per heavy atom. The molecule has 0 spiro atoms. The number of nitrogens with zero attached hydrogens (tertiary/aromatic N) is 1. The number of thiazole rings is 1. The van der Waals surface area contributed by atoms with E-state index in [0.717, 1.165) is 0 Å². The zero-order valence-electron chi connectivity index (χ0n) is 15.7. The van der Waals surface area contributed by atoms with Gasteiger partial charge in [-0.2, -0.15) is 0 Å². The summed E-state index contributed by atoms with van der Waals surface area (Å²) in [5.41, 5.74) is 1.48. The molecule has 22 heavy (non-hydrogen) atoms. The highest BCUT2D eigenvalue weighted by Gasteiger charge is 2.05. The lowest BCUT2D eigenvalue weighted by Crippen LogP contribution is -1.83. The zero-order chi connectivity index (χ0) is 17.3. The third kappa shape index (κ3) is 7.55. The monoisotopic (exact) mass is 339 g/mol. The van der Waals surface area contributed by atoms with Crippen molar-refractivity contribution in [1.82, 2.24) is 4.98 Å². The average molecular weight is 340 g/mol. The van der Waals surface area contributed by atoms with E-state index < -0.39 is 0 Å². The zero-order valence-corrected chi connectivity index (χ0v) is 17.4. The molecule has 0 aliphatic carbocycles. The minimum absolute atomic E-state index is 0.635. The van der Waals surface area contributed by atoms with Crippen molar-refractivity contribution in [3.8, 4) is 0 Å². The van der Waals surface area contributed by atoms with Crippen molar-refractivity contribution in [2.24, 2.45) is 0 Å². The quantitative estimate of drug-likeness (QED) is 0.561. The molecule has 3 heteroatoms. The van der Waals surface area contributed by atoms with Crippen LogP contribution in [0.4, 0.5) is 0 Å². The second-order valence-corrected chi connectivity index (χ2v) is 8.24. The summed E-state index contributed by atoms with van der Waals surface area (Å²) in [6.07, 6.45) is 1.96. The van der Waals surface area contributed by atoms with Gasteiger partial charge in [0.1, 0.15) is 0 Å². The van der Waals surface area contributed by atoms with Crippen LogP contribution in [-0.4, -0.2) is 4.98 Å². The van der Waals surface area contributed by atoms with Crippen molar-refractivity contribution in [1.29, 1.82) is 0 Å². The SMILES string of the molecule is CC.CC(C)c1csc(C(C)C)c1.Cc1ncc(C(C)C)s1. The summed E-state index contributed by atoms with van der Waals surface area (Å²) in [5, 5.41) is 3.44. The highest BCUT2D eigenvalue weighted by molar-refractivity contribution is 7.11. The first-order chi connectivity index (χ1) is 10.3. The molecule has 2 aromatic heterocycles. The molecule has 0 aliphatic heterocycles. The van der Waals surface area contributed by atoms with Gasteiger partial charge < -0.3 is 0 Å². The predicted octanol–water partition coefficient (Wildman–Crippen LogP) is 7.60. The smallest absolute Gasteiger partial charge is 0.0896 e. The van der Waals surface area contributed by atoms with Crippen LogP contribution in [0.2, 0.25) is 0 Å². The summed E-state index contributed by atoms with van der Waals surface area (Å²) in [7, 11) is 0. The number of aromatic nitrogens is 1. The fraction of sp³-hybridized carbons (Fsp3) is 0.632. The Balaban J connectivity index is 0.000000366. The van der Waals surface area contributed by atoms with E-state index in [-0.39, 0.29) is 0 Å². The molecule has 1 nitrogen and oxygen atoms in total. The Hall–Kier alpha value is -0.670. The molecule has 0 unspecified atom stereocenters. The number of hydrogen-bond donors (Lipinski definition) is 0. The second kappa shape index (κ2) is 11.0. The molecule has 126 valence electrons. The van der Waals surface area contributed by atoms with Crippen LogP contribution in [0.5, 0.6) is 0 Å². The van der Waals surface area contributed by atoms with E-state index in [4.69, 9.17) is 0 Å². The lowest BCUT2D eigenvalue weighted by atomic mass is 10.1. The highest BCUT2D eigenvalue weighted by atomic mass is 32.1. The molecular formula is C19H33NS2. The lowest BCUT2D eigenvalue weighted by molar-refractivity contribution is 0.856. The minimum atomic E-state index is 0.635. The third-order valence-corrected chi connectivity index (χ3v) is 5.55. The number of rotatable bonds is 3. The van der Waals surface area contributed by atoms with Crippen LogP contribution in [0, 0.1) is 6.92 Å². The van der Waals surface area contributed by atoms with Gasteiger partial charge in [0.15, 0.2) is 0 Å². The van der Waals surface area contributed by atoms with Crippen molar-refractivity contribution in [3.05, 3.63) is 38.0 Å². The molecule has 2 aromatic rings. The first-order valence-electron chi connectivity index (χ1n) is 8.31. The van der Waals surface area contributed by atoms with Gasteiger partial charge in [-0.25, -0.2) is 4.98 Å². The second-order valence-electron chi connectivity index (χ2n) is 6.03. The molecule has 0 radical (unpaired) electrons. The maximum Gasteiger partial charge on any atom is 0.0896 e. The molecular weight excluding hydrogens is 306 g/mol. The first kappa shape index (κ1) is 21.3. The van der Waals surface area contributed by atoms with Gasteiger partial charge in [-0.3, -0.25) is 0 Å². The van der Waals surface area contributed by atoms with Gasteiger partial charge >= 0.3 is 0 Å². The third-order valence-electron chi connectivity index (χ3n) is 3.08. The summed E-state index contributed by atoms with van der Waals surface area (Å²) in [6.45, 7) is 19.4. The molecule has 0 saturated heterocycles. The van der Waals surface area contributed by atoms with E-state index in [9.17, 15) is 0 Å². The first-order valence-corrected chi connectivity index (χ1v) is 10.0. The van der Waals surface area contributed by atoms with Gasteiger partial charge in [-0.1, -0.05) is 55.4 Å². The molecule has 0 aliphatic rings. The molecule has 0 N–H and O–H groups in total. The van der Waals surface area contributed by atoms with Crippen molar-refractivity contribution in [2.45, 2.75) is 80.1 Å². The number of hydrogen-bond acceptors (Lipinski definition) is 3. The fourth-order valence-corrected chi connectivity index (χ4v) is 3.49. The summed E-state index contributed by atoms with van der Waals surface area (Å²) in [4.78, 5) is 7.05. The van der Waals surface area contributed by atoms with Crippen molar-refractivity contribution in [2.75, 3.05) is 0 Å². The largest absolute Gasteiger partial charge is 0.250 e. The van der Waals surface area contributed by atoms with Crippen LogP contribution < -0.4 is 0 Å². The summed E-state index contributed by atoms with van der Waals surface area (Å²) < 4.78 is 0. The number of thiophene rings is 1. The molecule has 2 heterocycles. The summed E-state index contributed by atoms with van der Waals surface area (Å²) >= 11 is 3.67. The maximum absolute atomic E-state index is 4.16. The van der Waals surface area contributed by atoms with Gasteiger partial charge in [0.05, 0.1) is 5.01 Å². The lowest BCUT2D eigenvalue weighted by Gasteiger charge is -2.00. The van der Waals surface area contributed by atoms with Gasteiger partial charge in [0, 0.05) is 16.0 Å². The van der Waals surface area contributed by atoms with Crippen LogP contribution in [0.15, 0.2) is 17.6 Å². The van der Waals surface area contributed by atoms with Gasteiger partial charge in [-0.15, -0.1) is 22.7 Å². The summed E-state index contributed by atoms with van der Waals surface area (Å²) in [6, 6.07) is 2.33. The van der Waals surface area contributed by atoms with Crippen LogP contribution in [0.25, 0.3) is 0 Å². The minimum Gasteiger partial charge on any atom is -0.250 e. The van der Waals surface area contributed by atoms with E-state index in [1.54, 1.807) is 11.3 Å². The maximum atomic E-state index is 4.16. The molecule has 0 fully saturated rings.